The van der Waals surface area contributed by atoms with Crippen LogP contribution in [-0.2, 0) is 26.2 Å². The normalized spacial score (nSPS) is 11.8. The molecule has 3 aromatic rings. The Morgan fingerprint density at radius 3 is 2.15 bits per heavy atom. The summed E-state index contributed by atoms with van der Waals surface area (Å²) in [4.78, 5) is 27.9. The molecule has 0 spiro atoms. The SMILES string of the molecule is CCC(C(=O)NC)N(Cc1ccc(F)cc1)C(=O)CN(c1ccccc1OC)S(=O)(=O)c1ccc(OC)cc1. The van der Waals surface area contributed by atoms with Gasteiger partial charge >= 0.3 is 0 Å². The fourth-order valence-corrected chi connectivity index (χ4v) is 5.52. The number of sulfonamides is 1. The zero-order valence-electron chi connectivity index (χ0n) is 22.3. The van der Waals surface area contributed by atoms with Crippen molar-refractivity contribution >= 4 is 27.5 Å². The first-order valence-electron chi connectivity index (χ1n) is 12.2. The molecular weight excluding hydrogens is 525 g/mol. The predicted octanol–water partition coefficient (Wildman–Crippen LogP) is 3.59. The lowest BCUT2D eigenvalue weighted by Gasteiger charge is -2.33. The molecular formula is C28H32FN3O6S. The molecule has 39 heavy (non-hydrogen) atoms. The highest BCUT2D eigenvalue weighted by Gasteiger charge is 2.34. The van der Waals surface area contributed by atoms with E-state index in [1.54, 1.807) is 25.1 Å². The second-order valence-electron chi connectivity index (χ2n) is 8.55. The summed E-state index contributed by atoms with van der Waals surface area (Å²) in [6.45, 7) is 1.09. The molecule has 9 nitrogen and oxygen atoms in total. The van der Waals surface area contributed by atoms with E-state index in [9.17, 15) is 22.4 Å². The lowest BCUT2D eigenvalue weighted by molar-refractivity contribution is -0.140. The Balaban J connectivity index is 2.09. The van der Waals surface area contributed by atoms with Gasteiger partial charge in [-0.05, 0) is 60.5 Å². The molecule has 0 heterocycles. The van der Waals surface area contributed by atoms with Gasteiger partial charge in [0.2, 0.25) is 11.8 Å². The van der Waals surface area contributed by atoms with Crippen LogP contribution in [0, 0.1) is 5.82 Å². The van der Waals surface area contributed by atoms with E-state index in [0.29, 0.717) is 11.3 Å². The fraction of sp³-hybridized carbons (Fsp3) is 0.286. The predicted molar refractivity (Wildman–Crippen MR) is 146 cm³/mol. The number of carbonyl (C=O) groups is 2. The first-order chi connectivity index (χ1) is 18.7. The number of hydrogen-bond acceptors (Lipinski definition) is 6. The largest absolute Gasteiger partial charge is 0.497 e. The topological polar surface area (TPSA) is 105 Å². The summed E-state index contributed by atoms with van der Waals surface area (Å²) in [6.07, 6.45) is 0.270. The van der Waals surface area contributed by atoms with Gasteiger partial charge in [-0.15, -0.1) is 0 Å². The minimum atomic E-state index is -4.28. The zero-order valence-corrected chi connectivity index (χ0v) is 23.1. The third kappa shape index (κ3) is 6.85. The Morgan fingerprint density at radius 1 is 0.949 bits per heavy atom. The van der Waals surface area contributed by atoms with Crippen molar-refractivity contribution in [2.24, 2.45) is 0 Å². The third-order valence-electron chi connectivity index (χ3n) is 6.18. The van der Waals surface area contributed by atoms with E-state index in [4.69, 9.17) is 9.47 Å². The van der Waals surface area contributed by atoms with Gasteiger partial charge in [0.05, 0.1) is 24.8 Å². The first-order valence-corrected chi connectivity index (χ1v) is 13.7. The van der Waals surface area contributed by atoms with Gasteiger partial charge in [0.25, 0.3) is 10.0 Å². The monoisotopic (exact) mass is 557 g/mol. The van der Waals surface area contributed by atoms with E-state index in [0.717, 1.165) is 4.31 Å². The highest BCUT2D eigenvalue weighted by molar-refractivity contribution is 7.92. The van der Waals surface area contributed by atoms with Crippen molar-refractivity contribution in [3.63, 3.8) is 0 Å². The molecule has 0 saturated heterocycles. The number of halogens is 1. The van der Waals surface area contributed by atoms with Crippen molar-refractivity contribution in [3.05, 3.63) is 84.2 Å². The van der Waals surface area contributed by atoms with Gasteiger partial charge in [0.1, 0.15) is 29.9 Å². The van der Waals surface area contributed by atoms with Crippen LogP contribution in [0.2, 0.25) is 0 Å². The van der Waals surface area contributed by atoms with Gasteiger partial charge < -0.3 is 19.7 Å². The molecule has 0 saturated carbocycles. The lowest BCUT2D eigenvalue weighted by atomic mass is 10.1. The third-order valence-corrected chi connectivity index (χ3v) is 7.95. The van der Waals surface area contributed by atoms with Crippen molar-refractivity contribution < 1.29 is 31.9 Å². The minimum Gasteiger partial charge on any atom is -0.497 e. The van der Waals surface area contributed by atoms with Crippen LogP contribution in [0.3, 0.4) is 0 Å². The molecule has 0 aliphatic rings. The summed E-state index contributed by atoms with van der Waals surface area (Å²) in [7, 11) is 0.0513. The van der Waals surface area contributed by atoms with E-state index in [1.807, 2.05) is 0 Å². The number of likely N-dealkylation sites (N-methyl/N-ethyl adjacent to an activating group) is 1. The summed E-state index contributed by atoms with van der Waals surface area (Å²) in [5, 5.41) is 2.56. The summed E-state index contributed by atoms with van der Waals surface area (Å²) in [5.74, 6) is -0.767. The number of rotatable bonds is 12. The Kier molecular flexibility index (Phi) is 9.89. The first kappa shape index (κ1) is 29.4. The lowest BCUT2D eigenvalue weighted by Crippen LogP contribution is -2.51. The molecule has 3 aromatic carbocycles. The van der Waals surface area contributed by atoms with E-state index in [1.165, 1.54) is 80.8 Å². The number of carbonyl (C=O) groups excluding carboxylic acids is 2. The number of methoxy groups -OCH3 is 2. The Bertz CT molecular complexity index is 1380. The molecule has 2 amide bonds. The van der Waals surface area contributed by atoms with E-state index in [2.05, 4.69) is 5.32 Å². The molecule has 1 unspecified atom stereocenters. The van der Waals surface area contributed by atoms with Crippen LogP contribution in [0.25, 0.3) is 0 Å². The van der Waals surface area contributed by atoms with Gasteiger partial charge in [0, 0.05) is 13.6 Å². The molecule has 1 atom stereocenters. The molecule has 0 fully saturated rings. The van der Waals surface area contributed by atoms with Crippen molar-refractivity contribution in [1.29, 1.82) is 0 Å². The van der Waals surface area contributed by atoms with E-state index >= 15 is 0 Å². The van der Waals surface area contributed by atoms with Crippen LogP contribution in [-0.4, -0.2) is 59.0 Å². The average Bonchev–Trinajstić information content (AvgIpc) is 2.96. The second kappa shape index (κ2) is 13.1. The van der Waals surface area contributed by atoms with Crippen LogP contribution in [0.5, 0.6) is 11.5 Å². The maximum atomic E-state index is 13.9. The van der Waals surface area contributed by atoms with Crippen molar-refractivity contribution in [2.45, 2.75) is 30.8 Å². The fourth-order valence-electron chi connectivity index (χ4n) is 4.10. The van der Waals surface area contributed by atoms with Crippen LogP contribution >= 0.6 is 0 Å². The number of nitrogens with one attached hydrogen (secondary N) is 1. The van der Waals surface area contributed by atoms with E-state index < -0.39 is 40.2 Å². The van der Waals surface area contributed by atoms with E-state index in [-0.39, 0.29) is 29.3 Å². The highest BCUT2D eigenvalue weighted by Crippen LogP contribution is 2.33. The quantitative estimate of drug-likeness (QED) is 0.365. The Morgan fingerprint density at radius 2 is 1.59 bits per heavy atom. The van der Waals surface area contributed by atoms with Gasteiger partial charge in [-0.25, -0.2) is 12.8 Å². The van der Waals surface area contributed by atoms with Crippen molar-refractivity contribution in [2.75, 3.05) is 32.1 Å². The maximum absolute atomic E-state index is 13.9. The summed E-state index contributed by atoms with van der Waals surface area (Å²) < 4.78 is 52.9. The van der Waals surface area contributed by atoms with Gasteiger partial charge in [-0.1, -0.05) is 31.2 Å². The van der Waals surface area contributed by atoms with Crippen LogP contribution in [0.4, 0.5) is 10.1 Å². The average molecular weight is 558 g/mol. The van der Waals surface area contributed by atoms with Gasteiger partial charge in [0.15, 0.2) is 0 Å². The van der Waals surface area contributed by atoms with Crippen LogP contribution in [0.15, 0.2) is 77.7 Å². The minimum absolute atomic E-state index is 0.0343. The number of para-hydroxylation sites is 2. The smallest absolute Gasteiger partial charge is 0.264 e. The Hall–Kier alpha value is -4.12. The molecule has 1 N–H and O–H groups in total. The standard InChI is InChI=1S/C28H32FN3O6S/c1-5-24(28(34)30-2)31(18-20-10-12-21(29)13-11-20)27(33)19-32(25-8-6-7-9-26(25)38-4)39(35,36)23-16-14-22(37-3)15-17-23/h6-17,24H,5,18-19H2,1-4H3,(H,30,34). The number of benzene rings is 3. The molecule has 3 rings (SSSR count). The number of amides is 2. The molecule has 0 aliphatic carbocycles. The Labute approximate surface area is 228 Å². The van der Waals surface area contributed by atoms with Crippen molar-refractivity contribution in [3.8, 4) is 11.5 Å². The maximum Gasteiger partial charge on any atom is 0.264 e. The molecule has 0 aromatic heterocycles. The molecule has 11 heteroatoms. The number of nitrogens with zero attached hydrogens (tertiary/aromatic N) is 2. The molecule has 0 radical (unpaired) electrons. The second-order valence-corrected chi connectivity index (χ2v) is 10.4. The molecule has 0 aliphatic heterocycles. The van der Waals surface area contributed by atoms with Crippen LogP contribution in [0.1, 0.15) is 18.9 Å². The highest BCUT2D eigenvalue weighted by atomic mass is 32.2. The van der Waals surface area contributed by atoms with Gasteiger partial charge in [-0.3, -0.25) is 13.9 Å². The summed E-state index contributed by atoms with van der Waals surface area (Å²) in [6, 6.07) is 16.9. The van der Waals surface area contributed by atoms with Crippen molar-refractivity contribution in [1.82, 2.24) is 10.2 Å². The summed E-state index contributed by atoms with van der Waals surface area (Å²) in [5.41, 5.74) is 0.729. The molecule has 0 bridgehead atoms. The summed E-state index contributed by atoms with van der Waals surface area (Å²) >= 11 is 0. The number of hydrogen-bond donors (Lipinski definition) is 1. The zero-order chi connectivity index (χ0) is 28.6. The van der Waals surface area contributed by atoms with Crippen LogP contribution < -0.4 is 19.1 Å². The molecule has 208 valence electrons. The number of ether oxygens (including phenoxy) is 2. The van der Waals surface area contributed by atoms with Gasteiger partial charge in [-0.2, -0.15) is 0 Å². The number of anilines is 1.